The molecule has 21 heavy (non-hydrogen) atoms. The van der Waals surface area contributed by atoms with Gasteiger partial charge in [-0.15, -0.1) is 0 Å². The standard InChI is InChI=1S/C15H20N2O4/c1-21-15(6-3-2-4-7-15)10-17-13(18)12-9-11(14(19)20)5-8-16-12/h5,8-9H,2-4,6-7,10H2,1H3,(H,17,18)(H,19,20). The average Bonchev–Trinajstić information content (AvgIpc) is 2.53. The number of methoxy groups -OCH3 is 1. The Labute approximate surface area is 123 Å². The molecule has 6 nitrogen and oxygen atoms in total. The maximum absolute atomic E-state index is 12.1. The van der Waals surface area contributed by atoms with Crippen LogP contribution < -0.4 is 5.32 Å². The summed E-state index contributed by atoms with van der Waals surface area (Å²) in [5.74, 6) is -1.45. The van der Waals surface area contributed by atoms with Crippen LogP contribution in [0.1, 0.15) is 53.0 Å². The average molecular weight is 292 g/mol. The highest BCUT2D eigenvalue weighted by Crippen LogP contribution is 2.30. The summed E-state index contributed by atoms with van der Waals surface area (Å²) in [5, 5.41) is 11.7. The molecule has 2 N–H and O–H groups in total. The molecule has 0 unspecified atom stereocenters. The monoisotopic (exact) mass is 292 g/mol. The lowest BCUT2D eigenvalue weighted by Crippen LogP contribution is -2.45. The molecule has 0 aliphatic heterocycles. The minimum absolute atomic E-state index is 0.0503. The highest BCUT2D eigenvalue weighted by molar-refractivity contribution is 5.95. The van der Waals surface area contributed by atoms with E-state index in [4.69, 9.17) is 9.84 Å². The van der Waals surface area contributed by atoms with Crippen molar-refractivity contribution >= 4 is 11.9 Å². The lowest BCUT2D eigenvalue weighted by atomic mass is 9.84. The van der Waals surface area contributed by atoms with Crippen molar-refractivity contribution in [1.82, 2.24) is 10.3 Å². The van der Waals surface area contributed by atoms with E-state index in [1.54, 1.807) is 7.11 Å². The Kier molecular flexibility index (Phi) is 4.90. The van der Waals surface area contributed by atoms with Gasteiger partial charge in [0.25, 0.3) is 5.91 Å². The highest BCUT2D eigenvalue weighted by Gasteiger charge is 2.32. The van der Waals surface area contributed by atoms with Gasteiger partial charge in [-0.1, -0.05) is 19.3 Å². The van der Waals surface area contributed by atoms with Crippen LogP contribution in [-0.4, -0.2) is 41.2 Å². The number of hydrogen-bond acceptors (Lipinski definition) is 4. The molecule has 0 saturated heterocycles. The lowest BCUT2D eigenvalue weighted by molar-refractivity contribution is -0.0364. The quantitative estimate of drug-likeness (QED) is 0.864. The third kappa shape index (κ3) is 3.78. The van der Waals surface area contributed by atoms with Gasteiger partial charge in [0, 0.05) is 19.9 Å². The SMILES string of the molecule is COC1(CNC(=O)c2cc(C(=O)O)ccn2)CCCCC1. The van der Waals surface area contributed by atoms with Crippen LogP contribution in [0.4, 0.5) is 0 Å². The van der Waals surface area contributed by atoms with Crippen molar-refractivity contribution in [2.45, 2.75) is 37.7 Å². The van der Waals surface area contributed by atoms with Gasteiger partial charge in [-0.3, -0.25) is 9.78 Å². The van der Waals surface area contributed by atoms with Crippen molar-refractivity contribution in [3.05, 3.63) is 29.6 Å². The highest BCUT2D eigenvalue weighted by atomic mass is 16.5. The number of nitrogens with zero attached hydrogens (tertiary/aromatic N) is 1. The molecular formula is C15H20N2O4. The summed E-state index contributed by atoms with van der Waals surface area (Å²) in [7, 11) is 1.67. The molecule has 0 bridgehead atoms. The Morgan fingerprint density at radius 3 is 2.71 bits per heavy atom. The van der Waals surface area contributed by atoms with Crippen LogP contribution in [0, 0.1) is 0 Å². The summed E-state index contributed by atoms with van der Waals surface area (Å²) in [6.45, 7) is 0.418. The number of carbonyl (C=O) groups excluding carboxylic acids is 1. The fourth-order valence-electron chi connectivity index (χ4n) is 2.67. The molecule has 0 atom stereocenters. The van der Waals surface area contributed by atoms with Gasteiger partial charge in [0.05, 0.1) is 11.2 Å². The Morgan fingerprint density at radius 1 is 1.38 bits per heavy atom. The van der Waals surface area contributed by atoms with Gasteiger partial charge in [0.1, 0.15) is 5.69 Å². The molecule has 1 aliphatic carbocycles. The molecule has 0 aromatic carbocycles. The Hall–Kier alpha value is -1.95. The predicted octanol–water partition coefficient (Wildman–Crippen LogP) is 1.86. The van der Waals surface area contributed by atoms with E-state index in [0.29, 0.717) is 6.54 Å². The third-order valence-electron chi connectivity index (χ3n) is 4.01. The third-order valence-corrected chi connectivity index (χ3v) is 4.01. The second kappa shape index (κ2) is 6.67. The number of pyridine rings is 1. The van der Waals surface area contributed by atoms with Crippen LogP contribution in [0.15, 0.2) is 18.3 Å². The van der Waals surface area contributed by atoms with Crippen molar-refractivity contribution < 1.29 is 19.4 Å². The van der Waals surface area contributed by atoms with Crippen LogP contribution >= 0.6 is 0 Å². The van der Waals surface area contributed by atoms with Crippen molar-refractivity contribution in [3.8, 4) is 0 Å². The van der Waals surface area contributed by atoms with E-state index in [1.165, 1.54) is 24.8 Å². The van der Waals surface area contributed by atoms with Crippen LogP contribution in [0.2, 0.25) is 0 Å². The first kappa shape index (κ1) is 15.4. The van der Waals surface area contributed by atoms with Gasteiger partial charge >= 0.3 is 5.97 Å². The lowest BCUT2D eigenvalue weighted by Gasteiger charge is -2.36. The van der Waals surface area contributed by atoms with Gasteiger partial charge in [-0.2, -0.15) is 0 Å². The molecule has 1 amide bonds. The van der Waals surface area contributed by atoms with Crippen LogP contribution in [-0.2, 0) is 4.74 Å². The van der Waals surface area contributed by atoms with Gasteiger partial charge in [-0.25, -0.2) is 4.79 Å². The van der Waals surface area contributed by atoms with E-state index < -0.39 is 5.97 Å². The maximum Gasteiger partial charge on any atom is 0.335 e. The molecule has 1 aliphatic rings. The molecule has 2 rings (SSSR count). The van der Waals surface area contributed by atoms with Crippen molar-refractivity contribution in [1.29, 1.82) is 0 Å². The van der Waals surface area contributed by atoms with E-state index in [2.05, 4.69) is 10.3 Å². The Morgan fingerprint density at radius 2 is 2.10 bits per heavy atom. The van der Waals surface area contributed by atoms with Crippen LogP contribution in [0.5, 0.6) is 0 Å². The summed E-state index contributed by atoms with van der Waals surface area (Å²) < 4.78 is 5.60. The number of aromatic carboxylic acids is 1. The van der Waals surface area contributed by atoms with Gasteiger partial charge in [0.15, 0.2) is 0 Å². The summed E-state index contributed by atoms with van der Waals surface area (Å²) in [4.78, 5) is 26.9. The largest absolute Gasteiger partial charge is 0.478 e. The molecular weight excluding hydrogens is 272 g/mol. The fraction of sp³-hybridized carbons (Fsp3) is 0.533. The molecule has 114 valence electrons. The van der Waals surface area contributed by atoms with Crippen molar-refractivity contribution in [2.75, 3.05) is 13.7 Å². The number of carboxylic acids is 1. The Balaban J connectivity index is 2.01. The number of aromatic nitrogens is 1. The second-order valence-corrected chi connectivity index (χ2v) is 5.37. The van der Waals surface area contributed by atoms with Crippen LogP contribution in [0.3, 0.4) is 0 Å². The smallest absolute Gasteiger partial charge is 0.335 e. The summed E-state index contributed by atoms with van der Waals surface area (Å²) in [6, 6.07) is 2.63. The maximum atomic E-state index is 12.1. The predicted molar refractivity (Wildman–Crippen MR) is 76.4 cm³/mol. The fourth-order valence-corrected chi connectivity index (χ4v) is 2.67. The molecule has 1 fully saturated rings. The van der Waals surface area contributed by atoms with E-state index in [1.807, 2.05) is 0 Å². The summed E-state index contributed by atoms with van der Waals surface area (Å²) >= 11 is 0. The Bertz CT molecular complexity index is 524. The van der Waals surface area contributed by atoms with Gasteiger partial charge in [-0.05, 0) is 25.0 Å². The van der Waals surface area contributed by atoms with Crippen molar-refractivity contribution in [3.63, 3.8) is 0 Å². The number of carboxylic acid groups (broad SMARTS) is 1. The second-order valence-electron chi connectivity index (χ2n) is 5.37. The van der Waals surface area contributed by atoms with Crippen molar-refractivity contribution in [2.24, 2.45) is 0 Å². The zero-order valence-electron chi connectivity index (χ0n) is 12.1. The molecule has 1 saturated carbocycles. The van der Waals surface area contributed by atoms with Gasteiger partial charge in [0.2, 0.25) is 0 Å². The first-order chi connectivity index (χ1) is 10.1. The van der Waals surface area contributed by atoms with E-state index >= 15 is 0 Å². The molecule has 6 heteroatoms. The minimum Gasteiger partial charge on any atom is -0.478 e. The molecule has 0 radical (unpaired) electrons. The number of amides is 1. The minimum atomic E-state index is -1.08. The summed E-state index contributed by atoms with van der Waals surface area (Å²) in [5.41, 5.74) is -0.149. The van der Waals surface area contributed by atoms with Crippen LogP contribution in [0.25, 0.3) is 0 Å². The molecule has 1 aromatic rings. The number of nitrogens with one attached hydrogen (secondary N) is 1. The molecule has 1 aromatic heterocycles. The number of rotatable bonds is 5. The first-order valence-electron chi connectivity index (χ1n) is 7.09. The zero-order chi connectivity index (χ0) is 15.3. The number of ether oxygens (including phenoxy) is 1. The number of carbonyl (C=O) groups is 2. The first-order valence-corrected chi connectivity index (χ1v) is 7.09. The summed E-state index contributed by atoms with van der Waals surface area (Å²) in [6.07, 6.45) is 6.55. The topological polar surface area (TPSA) is 88.5 Å². The van der Waals surface area contributed by atoms with E-state index in [0.717, 1.165) is 25.7 Å². The van der Waals surface area contributed by atoms with E-state index in [-0.39, 0.29) is 22.8 Å². The molecule has 1 heterocycles. The normalized spacial score (nSPS) is 17.2. The molecule has 0 spiro atoms. The number of hydrogen-bond donors (Lipinski definition) is 2. The van der Waals surface area contributed by atoms with E-state index in [9.17, 15) is 9.59 Å². The zero-order valence-corrected chi connectivity index (χ0v) is 12.1. The van der Waals surface area contributed by atoms with Gasteiger partial charge < -0.3 is 15.2 Å².